The van der Waals surface area contributed by atoms with E-state index in [1.807, 2.05) is 60.7 Å². The van der Waals surface area contributed by atoms with Crippen LogP contribution in [0.3, 0.4) is 0 Å². The molecule has 2 N–H and O–H groups in total. The summed E-state index contributed by atoms with van der Waals surface area (Å²) in [6, 6.07) is 24.0. The lowest BCUT2D eigenvalue weighted by Crippen LogP contribution is -2.36. The van der Waals surface area contributed by atoms with Gasteiger partial charge in [0.05, 0.1) is 4.92 Å². The molecule has 3 aromatic carbocycles. The maximum absolute atomic E-state index is 12.6. The van der Waals surface area contributed by atoms with Crippen molar-refractivity contribution in [3.05, 3.63) is 106 Å². The molecule has 0 radical (unpaired) electrons. The first kappa shape index (κ1) is 29.4. The van der Waals surface area contributed by atoms with E-state index in [0.717, 1.165) is 54.5 Å². The summed E-state index contributed by atoms with van der Waals surface area (Å²) in [5.41, 5.74) is 3.13. The molecular formula is C31H36N2O6. The Bertz CT molecular complexity index is 1200. The molecule has 0 aliphatic carbocycles. The van der Waals surface area contributed by atoms with Crippen molar-refractivity contribution in [2.75, 3.05) is 0 Å². The molecule has 0 aromatic heterocycles. The highest BCUT2D eigenvalue weighted by molar-refractivity contribution is 5.76. The average molecular weight is 533 g/mol. The summed E-state index contributed by atoms with van der Waals surface area (Å²) in [7, 11) is 0. The van der Waals surface area contributed by atoms with Crippen LogP contribution in [0.1, 0.15) is 61.6 Å². The molecule has 39 heavy (non-hydrogen) atoms. The van der Waals surface area contributed by atoms with E-state index in [9.17, 15) is 19.7 Å². The molecule has 0 spiro atoms. The predicted octanol–water partition coefficient (Wildman–Crippen LogP) is 6.26. The molecule has 0 saturated carbocycles. The van der Waals surface area contributed by atoms with Gasteiger partial charge in [0, 0.05) is 31.0 Å². The number of hydrogen-bond donors (Lipinski definition) is 2. The van der Waals surface area contributed by atoms with E-state index < -0.39 is 5.97 Å². The minimum atomic E-state index is -0.886. The highest BCUT2D eigenvalue weighted by Crippen LogP contribution is 2.18. The Morgan fingerprint density at radius 2 is 1.56 bits per heavy atom. The number of unbranched alkanes of at least 4 members (excludes halogenated alkanes) is 3. The number of amides is 1. The van der Waals surface area contributed by atoms with E-state index in [2.05, 4.69) is 5.32 Å². The first-order valence-electron chi connectivity index (χ1n) is 13.4. The number of nitrogens with zero attached hydrogens (tertiary/aromatic N) is 1. The Kier molecular flexibility index (Phi) is 12.0. The maximum atomic E-state index is 12.6. The van der Waals surface area contributed by atoms with Crippen molar-refractivity contribution in [3.8, 4) is 5.75 Å². The van der Waals surface area contributed by atoms with Gasteiger partial charge in [-0.25, -0.2) is 0 Å². The third-order valence-electron chi connectivity index (χ3n) is 6.47. The number of non-ortho nitro benzene ring substituents is 1. The number of rotatable bonds is 17. The van der Waals surface area contributed by atoms with Gasteiger partial charge in [-0.05, 0) is 60.9 Å². The SMILES string of the molecule is O=C(O)CC[C@@H](Cc1ccc(OCc2ccccc2)cc1)NC(=O)CCCCCCc1cccc([N+](=O)[O-])c1. The Balaban J connectivity index is 1.39. The van der Waals surface area contributed by atoms with Crippen LogP contribution in [0, 0.1) is 10.1 Å². The van der Waals surface area contributed by atoms with Crippen LogP contribution < -0.4 is 10.1 Å². The van der Waals surface area contributed by atoms with Gasteiger partial charge in [-0.15, -0.1) is 0 Å². The van der Waals surface area contributed by atoms with Crippen molar-refractivity contribution >= 4 is 17.6 Å². The van der Waals surface area contributed by atoms with Crippen molar-refractivity contribution in [2.24, 2.45) is 0 Å². The second-order valence-electron chi connectivity index (χ2n) is 9.66. The van der Waals surface area contributed by atoms with Gasteiger partial charge in [-0.3, -0.25) is 19.7 Å². The van der Waals surface area contributed by atoms with Gasteiger partial charge in [0.1, 0.15) is 12.4 Å². The van der Waals surface area contributed by atoms with Crippen molar-refractivity contribution < 1.29 is 24.4 Å². The van der Waals surface area contributed by atoms with E-state index in [1.54, 1.807) is 12.1 Å². The zero-order valence-corrected chi connectivity index (χ0v) is 22.1. The lowest BCUT2D eigenvalue weighted by atomic mass is 10.0. The highest BCUT2D eigenvalue weighted by Gasteiger charge is 2.15. The Labute approximate surface area is 229 Å². The van der Waals surface area contributed by atoms with Crippen LogP contribution >= 0.6 is 0 Å². The fourth-order valence-corrected chi connectivity index (χ4v) is 4.36. The largest absolute Gasteiger partial charge is 0.489 e. The molecule has 0 heterocycles. The maximum Gasteiger partial charge on any atom is 0.303 e. The van der Waals surface area contributed by atoms with E-state index in [1.165, 1.54) is 6.07 Å². The molecule has 1 atom stereocenters. The van der Waals surface area contributed by atoms with Crippen LogP contribution in [0.15, 0.2) is 78.9 Å². The Hall–Kier alpha value is -4.20. The topological polar surface area (TPSA) is 119 Å². The molecule has 0 fully saturated rings. The lowest BCUT2D eigenvalue weighted by molar-refractivity contribution is -0.384. The van der Waals surface area contributed by atoms with E-state index in [4.69, 9.17) is 9.84 Å². The third-order valence-corrected chi connectivity index (χ3v) is 6.47. The van der Waals surface area contributed by atoms with Crippen molar-refractivity contribution in [1.82, 2.24) is 5.32 Å². The minimum Gasteiger partial charge on any atom is -0.489 e. The number of carbonyl (C=O) groups is 2. The van der Waals surface area contributed by atoms with Crippen LogP contribution in [-0.2, 0) is 29.0 Å². The van der Waals surface area contributed by atoms with Crippen LogP contribution in [0.25, 0.3) is 0 Å². The van der Waals surface area contributed by atoms with Crippen LogP contribution in [0.5, 0.6) is 5.75 Å². The smallest absolute Gasteiger partial charge is 0.303 e. The normalized spacial score (nSPS) is 11.5. The number of aliphatic carboxylic acids is 1. The van der Waals surface area contributed by atoms with Gasteiger partial charge in [0.25, 0.3) is 5.69 Å². The minimum absolute atomic E-state index is 0.0130. The van der Waals surface area contributed by atoms with Crippen molar-refractivity contribution in [1.29, 1.82) is 0 Å². The highest BCUT2D eigenvalue weighted by atomic mass is 16.6. The van der Waals surface area contributed by atoms with E-state index >= 15 is 0 Å². The molecule has 8 heteroatoms. The molecular weight excluding hydrogens is 496 g/mol. The molecule has 8 nitrogen and oxygen atoms in total. The molecule has 0 aliphatic heterocycles. The fraction of sp³-hybridized carbons (Fsp3) is 0.355. The number of nitro benzene ring substituents is 1. The van der Waals surface area contributed by atoms with Gasteiger partial charge in [-0.2, -0.15) is 0 Å². The first-order valence-corrected chi connectivity index (χ1v) is 13.4. The number of carbonyl (C=O) groups excluding carboxylic acids is 1. The molecule has 0 aliphatic rings. The summed E-state index contributed by atoms with van der Waals surface area (Å²) < 4.78 is 5.83. The summed E-state index contributed by atoms with van der Waals surface area (Å²) in [5.74, 6) is -0.214. The number of carboxylic acids is 1. The van der Waals surface area contributed by atoms with Crippen LogP contribution in [-0.4, -0.2) is 27.9 Å². The monoisotopic (exact) mass is 532 g/mol. The summed E-state index contributed by atoms with van der Waals surface area (Å²) >= 11 is 0. The van der Waals surface area contributed by atoms with E-state index in [0.29, 0.717) is 25.9 Å². The number of ether oxygens (including phenoxy) is 1. The van der Waals surface area contributed by atoms with Gasteiger partial charge >= 0.3 is 5.97 Å². The van der Waals surface area contributed by atoms with Gasteiger partial charge in [0.2, 0.25) is 5.91 Å². The molecule has 0 saturated heterocycles. The number of nitrogens with one attached hydrogen (secondary N) is 1. The fourth-order valence-electron chi connectivity index (χ4n) is 4.36. The quantitative estimate of drug-likeness (QED) is 0.120. The first-order chi connectivity index (χ1) is 18.9. The third kappa shape index (κ3) is 11.4. The number of aryl methyl sites for hydroxylation is 1. The molecule has 3 rings (SSSR count). The van der Waals surface area contributed by atoms with Gasteiger partial charge in [-0.1, -0.05) is 67.4 Å². The molecule has 1 amide bonds. The number of nitro groups is 1. The zero-order valence-electron chi connectivity index (χ0n) is 22.1. The molecule has 3 aromatic rings. The van der Waals surface area contributed by atoms with Gasteiger partial charge < -0.3 is 15.2 Å². The number of carboxylic acid groups (broad SMARTS) is 1. The lowest BCUT2D eigenvalue weighted by Gasteiger charge is -2.18. The summed E-state index contributed by atoms with van der Waals surface area (Å²) in [5, 5.41) is 23.1. The summed E-state index contributed by atoms with van der Waals surface area (Å²) in [6.45, 7) is 0.478. The average Bonchev–Trinajstić information content (AvgIpc) is 2.94. The van der Waals surface area contributed by atoms with Crippen LogP contribution in [0.2, 0.25) is 0 Å². The van der Waals surface area contributed by atoms with Gasteiger partial charge in [0.15, 0.2) is 0 Å². The molecule has 206 valence electrons. The second kappa shape index (κ2) is 15.9. The zero-order chi connectivity index (χ0) is 27.9. The second-order valence-corrected chi connectivity index (χ2v) is 9.66. The standard InChI is InChI=1S/C31H36N2O6/c34-30(14-7-2-1-4-9-24-12-8-13-28(22-24)33(37)38)32-27(17-20-31(35)36)21-25-15-18-29(19-16-25)39-23-26-10-5-3-6-11-26/h3,5-6,8,10-13,15-16,18-19,22,27H,1-2,4,7,9,14,17,20-21,23H2,(H,32,34)(H,35,36)/t27-/m0/s1. The summed E-state index contributed by atoms with van der Waals surface area (Å²) in [6.07, 6.45) is 5.48. The van der Waals surface area contributed by atoms with Crippen LogP contribution in [0.4, 0.5) is 5.69 Å². The van der Waals surface area contributed by atoms with E-state index in [-0.39, 0.29) is 29.0 Å². The van der Waals surface area contributed by atoms with Crippen molar-refractivity contribution in [2.45, 2.75) is 70.4 Å². The Morgan fingerprint density at radius 1 is 0.846 bits per heavy atom. The molecule has 0 unspecified atom stereocenters. The molecule has 0 bridgehead atoms. The predicted molar refractivity (Wildman–Crippen MR) is 150 cm³/mol. The number of hydrogen-bond acceptors (Lipinski definition) is 5. The summed E-state index contributed by atoms with van der Waals surface area (Å²) in [4.78, 5) is 34.2. The Morgan fingerprint density at radius 3 is 2.28 bits per heavy atom. The number of benzene rings is 3. The van der Waals surface area contributed by atoms with Crippen molar-refractivity contribution in [3.63, 3.8) is 0 Å².